The van der Waals surface area contributed by atoms with E-state index in [0.717, 1.165) is 0 Å². The molecule has 0 atom stereocenters. The first-order valence-electron chi connectivity index (χ1n) is 6.65. The van der Waals surface area contributed by atoms with Gasteiger partial charge in [-0.25, -0.2) is 19.7 Å². The van der Waals surface area contributed by atoms with Gasteiger partial charge in [0.15, 0.2) is 0 Å². The SMILES string of the molecule is CCN(C(N)=O)c1ncccc1C(=O)Nc1cnc(C)nc1. The monoisotopic (exact) mass is 300 g/mol. The van der Waals surface area contributed by atoms with Gasteiger partial charge in [0.05, 0.1) is 23.6 Å². The zero-order valence-electron chi connectivity index (χ0n) is 12.3. The molecule has 8 heteroatoms. The maximum absolute atomic E-state index is 12.4. The number of nitrogens with one attached hydrogen (secondary N) is 1. The Morgan fingerprint density at radius 1 is 1.27 bits per heavy atom. The maximum Gasteiger partial charge on any atom is 0.320 e. The molecule has 2 rings (SSSR count). The minimum absolute atomic E-state index is 0.211. The molecule has 0 aliphatic rings. The highest BCUT2D eigenvalue weighted by Crippen LogP contribution is 2.18. The summed E-state index contributed by atoms with van der Waals surface area (Å²) in [5, 5.41) is 2.66. The number of pyridine rings is 1. The molecular formula is C14H16N6O2. The summed E-state index contributed by atoms with van der Waals surface area (Å²) in [7, 11) is 0. The maximum atomic E-state index is 12.4. The van der Waals surface area contributed by atoms with Gasteiger partial charge in [0, 0.05) is 12.7 Å². The van der Waals surface area contributed by atoms with Crippen LogP contribution >= 0.6 is 0 Å². The Labute approximate surface area is 127 Å². The molecule has 114 valence electrons. The lowest BCUT2D eigenvalue weighted by atomic mass is 10.2. The van der Waals surface area contributed by atoms with Crippen molar-refractivity contribution in [3.63, 3.8) is 0 Å². The minimum atomic E-state index is -0.672. The standard InChI is InChI=1S/C14H16N6O2/c1-3-20(14(15)22)12-11(5-4-6-16-12)13(21)19-10-7-17-9(2)18-8-10/h4-8H,3H2,1-2H3,(H2,15,22)(H,19,21). The van der Waals surface area contributed by atoms with E-state index < -0.39 is 11.9 Å². The van der Waals surface area contributed by atoms with Crippen LogP contribution in [0, 0.1) is 6.92 Å². The number of carbonyl (C=O) groups is 2. The lowest BCUT2D eigenvalue weighted by molar-refractivity contribution is 0.102. The van der Waals surface area contributed by atoms with Gasteiger partial charge in [-0.15, -0.1) is 0 Å². The van der Waals surface area contributed by atoms with Crippen LogP contribution in [0.2, 0.25) is 0 Å². The largest absolute Gasteiger partial charge is 0.351 e. The fourth-order valence-electron chi connectivity index (χ4n) is 1.85. The summed E-state index contributed by atoms with van der Waals surface area (Å²) in [6, 6.07) is 2.51. The number of hydrogen-bond donors (Lipinski definition) is 2. The molecule has 0 fully saturated rings. The van der Waals surface area contributed by atoms with Gasteiger partial charge in [0.25, 0.3) is 5.91 Å². The normalized spacial score (nSPS) is 10.1. The minimum Gasteiger partial charge on any atom is -0.351 e. The van der Waals surface area contributed by atoms with Crippen molar-refractivity contribution in [2.24, 2.45) is 5.73 Å². The summed E-state index contributed by atoms with van der Waals surface area (Å²) in [5.74, 6) is 0.393. The number of hydrogen-bond acceptors (Lipinski definition) is 5. The Balaban J connectivity index is 2.30. The topological polar surface area (TPSA) is 114 Å². The van der Waals surface area contributed by atoms with Gasteiger partial charge in [-0.2, -0.15) is 0 Å². The number of primary amides is 1. The van der Waals surface area contributed by atoms with Crippen LogP contribution in [0.4, 0.5) is 16.3 Å². The van der Waals surface area contributed by atoms with Crippen molar-refractivity contribution in [2.45, 2.75) is 13.8 Å². The Bertz CT molecular complexity index is 686. The van der Waals surface area contributed by atoms with E-state index in [1.165, 1.54) is 23.5 Å². The fraction of sp³-hybridized carbons (Fsp3) is 0.214. The van der Waals surface area contributed by atoms with Crippen LogP contribution in [0.25, 0.3) is 0 Å². The van der Waals surface area contributed by atoms with Crippen molar-refractivity contribution in [3.8, 4) is 0 Å². The van der Waals surface area contributed by atoms with Crippen LogP contribution in [0.15, 0.2) is 30.7 Å². The van der Waals surface area contributed by atoms with E-state index in [2.05, 4.69) is 20.3 Å². The molecule has 8 nitrogen and oxygen atoms in total. The Hall–Kier alpha value is -3.03. The molecule has 2 aromatic heterocycles. The molecule has 0 aliphatic carbocycles. The van der Waals surface area contributed by atoms with E-state index in [-0.39, 0.29) is 11.4 Å². The first-order valence-corrected chi connectivity index (χ1v) is 6.65. The van der Waals surface area contributed by atoms with E-state index in [4.69, 9.17) is 5.73 Å². The van der Waals surface area contributed by atoms with Gasteiger partial charge in [-0.05, 0) is 26.0 Å². The quantitative estimate of drug-likeness (QED) is 0.884. The lowest BCUT2D eigenvalue weighted by Gasteiger charge is -2.19. The molecule has 0 spiro atoms. The van der Waals surface area contributed by atoms with E-state index in [1.54, 1.807) is 26.0 Å². The highest BCUT2D eigenvalue weighted by atomic mass is 16.2. The number of rotatable bonds is 4. The van der Waals surface area contributed by atoms with Crippen molar-refractivity contribution < 1.29 is 9.59 Å². The first kappa shape index (κ1) is 15.4. The second kappa shape index (κ2) is 6.61. The van der Waals surface area contributed by atoms with Crippen LogP contribution in [-0.2, 0) is 0 Å². The highest BCUT2D eigenvalue weighted by molar-refractivity contribution is 6.09. The summed E-state index contributed by atoms with van der Waals surface area (Å²) in [6.45, 7) is 3.80. The summed E-state index contributed by atoms with van der Waals surface area (Å²) in [5.41, 5.74) is 6.00. The molecule has 3 N–H and O–H groups in total. The second-order valence-electron chi connectivity index (χ2n) is 4.43. The molecule has 3 amide bonds. The fourth-order valence-corrected chi connectivity index (χ4v) is 1.85. The molecule has 0 saturated heterocycles. The second-order valence-corrected chi connectivity index (χ2v) is 4.43. The predicted molar refractivity (Wildman–Crippen MR) is 81.6 cm³/mol. The van der Waals surface area contributed by atoms with Gasteiger partial charge < -0.3 is 11.1 Å². The van der Waals surface area contributed by atoms with Gasteiger partial charge >= 0.3 is 6.03 Å². The van der Waals surface area contributed by atoms with Crippen molar-refractivity contribution in [3.05, 3.63) is 42.1 Å². The molecule has 2 heterocycles. The lowest BCUT2D eigenvalue weighted by Crippen LogP contribution is -2.37. The van der Waals surface area contributed by atoms with E-state index in [1.807, 2.05) is 0 Å². The third kappa shape index (κ3) is 3.35. The van der Waals surface area contributed by atoms with Crippen molar-refractivity contribution >= 4 is 23.4 Å². The summed E-state index contributed by atoms with van der Waals surface area (Å²) < 4.78 is 0. The molecule has 0 radical (unpaired) electrons. The smallest absolute Gasteiger partial charge is 0.320 e. The molecule has 0 unspecified atom stereocenters. The predicted octanol–water partition coefficient (Wildman–Crippen LogP) is 1.34. The summed E-state index contributed by atoms with van der Waals surface area (Å²) >= 11 is 0. The number of carbonyl (C=O) groups excluding carboxylic acids is 2. The third-order valence-electron chi connectivity index (χ3n) is 2.91. The van der Waals surface area contributed by atoms with Crippen LogP contribution in [0.1, 0.15) is 23.1 Å². The van der Waals surface area contributed by atoms with Crippen molar-refractivity contribution in [1.29, 1.82) is 0 Å². The molecule has 0 saturated carbocycles. The first-order chi connectivity index (χ1) is 10.5. The van der Waals surface area contributed by atoms with Crippen LogP contribution in [0.5, 0.6) is 0 Å². The number of anilines is 2. The number of aromatic nitrogens is 3. The van der Waals surface area contributed by atoms with E-state index in [0.29, 0.717) is 18.1 Å². The van der Waals surface area contributed by atoms with E-state index in [9.17, 15) is 9.59 Å². The summed E-state index contributed by atoms with van der Waals surface area (Å²) in [6.07, 6.45) is 4.50. The molecule has 0 bridgehead atoms. The van der Waals surface area contributed by atoms with E-state index >= 15 is 0 Å². The molecular weight excluding hydrogens is 284 g/mol. The number of nitrogens with zero attached hydrogens (tertiary/aromatic N) is 4. The van der Waals surface area contributed by atoms with Crippen LogP contribution in [0.3, 0.4) is 0 Å². The molecule has 22 heavy (non-hydrogen) atoms. The number of amides is 3. The molecule has 2 aromatic rings. The van der Waals surface area contributed by atoms with Crippen molar-refractivity contribution in [1.82, 2.24) is 15.0 Å². The van der Waals surface area contributed by atoms with Crippen LogP contribution in [-0.4, -0.2) is 33.4 Å². The third-order valence-corrected chi connectivity index (χ3v) is 2.91. The zero-order chi connectivity index (χ0) is 16.1. The van der Waals surface area contributed by atoms with Gasteiger partial charge in [0.1, 0.15) is 11.6 Å². The Kier molecular flexibility index (Phi) is 4.62. The number of nitrogens with two attached hydrogens (primary N) is 1. The van der Waals surface area contributed by atoms with Gasteiger partial charge in [0.2, 0.25) is 0 Å². The number of urea groups is 1. The molecule has 0 aromatic carbocycles. The Morgan fingerprint density at radius 3 is 2.55 bits per heavy atom. The molecule has 0 aliphatic heterocycles. The Morgan fingerprint density at radius 2 is 1.95 bits per heavy atom. The summed E-state index contributed by atoms with van der Waals surface area (Å²) in [4.78, 5) is 37.1. The average Bonchev–Trinajstić information content (AvgIpc) is 2.50. The van der Waals surface area contributed by atoms with Gasteiger partial charge in [-0.1, -0.05) is 0 Å². The zero-order valence-corrected chi connectivity index (χ0v) is 12.3. The number of aryl methyl sites for hydroxylation is 1. The van der Waals surface area contributed by atoms with Crippen molar-refractivity contribution in [2.75, 3.05) is 16.8 Å². The van der Waals surface area contributed by atoms with Gasteiger partial charge in [-0.3, -0.25) is 9.69 Å². The van der Waals surface area contributed by atoms with Crippen LogP contribution < -0.4 is 16.0 Å². The highest BCUT2D eigenvalue weighted by Gasteiger charge is 2.20. The average molecular weight is 300 g/mol.